The minimum Gasteiger partial charge on any atom is -0.453 e. The van der Waals surface area contributed by atoms with Crippen LogP contribution < -0.4 is 0 Å². The molecule has 0 spiro atoms. The summed E-state index contributed by atoms with van der Waals surface area (Å²) in [7, 11) is 0. The largest absolute Gasteiger partial charge is 0.453 e. The molecular formula is C13H22O5S. The van der Waals surface area contributed by atoms with E-state index in [0.29, 0.717) is 17.4 Å². The van der Waals surface area contributed by atoms with Crippen molar-refractivity contribution in [1.82, 2.24) is 0 Å². The Hall–Kier alpha value is -0.750. The van der Waals surface area contributed by atoms with Crippen molar-refractivity contribution in [1.29, 1.82) is 0 Å². The van der Waals surface area contributed by atoms with E-state index in [4.69, 9.17) is 14.2 Å². The van der Waals surface area contributed by atoms with Crippen molar-refractivity contribution in [3.63, 3.8) is 0 Å². The molecule has 0 aromatic carbocycles. The van der Waals surface area contributed by atoms with E-state index >= 15 is 0 Å². The predicted octanol–water partition coefficient (Wildman–Crippen LogP) is 1.99. The number of rotatable bonds is 5. The van der Waals surface area contributed by atoms with Crippen LogP contribution in [0.3, 0.4) is 0 Å². The van der Waals surface area contributed by atoms with Gasteiger partial charge in [-0.2, -0.15) is 0 Å². The number of thioether (sulfide) groups is 1. The second-order valence-corrected chi connectivity index (χ2v) is 6.13. The Bertz CT molecular complexity index is 320. The quantitative estimate of drug-likeness (QED) is 0.722. The molecule has 1 aliphatic heterocycles. The van der Waals surface area contributed by atoms with Crippen LogP contribution in [0.1, 0.15) is 34.1 Å². The van der Waals surface area contributed by atoms with Gasteiger partial charge in [-0.15, -0.1) is 11.8 Å². The molecule has 1 saturated heterocycles. The van der Waals surface area contributed by atoms with Crippen molar-refractivity contribution >= 4 is 23.7 Å². The third-order valence-electron chi connectivity index (χ3n) is 3.13. The number of ether oxygens (including phenoxy) is 3. The lowest BCUT2D eigenvalue weighted by molar-refractivity contribution is -0.190. The molecule has 0 aromatic rings. The topological polar surface area (TPSA) is 61.8 Å². The van der Waals surface area contributed by atoms with Crippen LogP contribution >= 0.6 is 11.8 Å². The molecule has 0 aliphatic carbocycles. The maximum Gasteiger partial charge on any atom is 0.346 e. The lowest BCUT2D eigenvalue weighted by Crippen LogP contribution is -2.38. The molecule has 1 rings (SSSR count). The molecule has 0 radical (unpaired) electrons. The van der Waals surface area contributed by atoms with E-state index in [1.165, 1.54) is 0 Å². The van der Waals surface area contributed by atoms with Crippen LogP contribution in [0, 0.1) is 5.92 Å². The normalized spacial score (nSPS) is 28.5. The highest BCUT2D eigenvalue weighted by molar-refractivity contribution is 8.00. The lowest BCUT2D eigenvalue weighted by Gasteiger charge is -2.31. The maximum atomic E-state index is 11.5. The first-order valence-electron chi connectivity index (χ1n) is 6.57. The van der Waals surface area contributed by atoms with E-state index in [2.05, 4.69) is 6.92 Å². The average molecular weight is 290 g/mol. The molecule has 19 heavy (non-hydrogen) atoms. The summed E-state index contributed by atoms with van der Waals surface area (Å²) < 4.78 is 15.5. The highest BCUT2D eigenvalue weighted by Crippen LogP contribution is 2.26. The monoisotopic (exact) mass is 290 g/mol. The molecule has 110 valence electrons. The van der Waals surface area contributed by atoms with Gasteiger partial charge in [0.15, 0.2) is 6.61 Å². The highest BCUT2D eigenvalue weighted by Gasteiger charge is 2.28. The van der Waals surface area contributed by atoms with Gasteiger partial charge in [-0.3, -0.25) is 4.79 Å². The van der Waals surface area contributed by atoms with Crippen LogP contribution in [-0.4, -0.2) is 41.9 Å². The molecule has 5 nitrogen and oxygen atoms in total. The number of hydrogen-bond donors (Lipinski definition) is 0. The molecule has 4 atom stereocenters. The lowest BCUT2D eigenvalue weighted by atomic mass is 10.1. The van der Waals surface area contributed by atoms with E-state index in [1.807, 2.05) is 13.8 Å². The Morgan fingerprint density at radius 1 is 1.42 bits per heavy atom. The minimum absolute atomic E-state index is 0.0409. The minimum atomic E-state index is -0.566. The van der Waals surface area contributed by atoms with Crippen molar-refractivity contribution in [2.45, 2.75) is 51.8 Å². The van der Waals surface area contributed by atoms with Gasteiger partial charge < -0.3 is 14.2 Å². The molecule has 6 heteroatoms. The van der Waals surface area contributed by atoms with E-state index in [1.54, 1.807) is 18.7 Å². The van der Waals surface area contributed by atoms with Crippen LogP contribution in [-0.2, 0) is 23.8 Å². The molecule has 1 aliphatic rings. The molecule has 0 saturated carbocycles. The fraction of sp³-hybridized carbons (Fsp3) is 0.846. The smallest absolute Gasteiger partial charge is 0.346 e. The Labute approximate surface area is 118 Å². The summed E-state index contributed by atoms with van der Waals surface area (Å²) in [6.07, 6.45) is 0.177. The van der Waals surface area contributed by atoms with Crippen molar-refractivity contribution in [3.05, 3.63) is 0 Å². The van der Waals surface area contributed by atoms with Crippen molar-refractivity contribution < 1.29 is 23.8 Å². The maximum absolute atomic E-state index is 11.5. The van der Waals surface area contributed by atoms with Gasteiger partial charge in [0.25, 0.3) is 0 Å². The van der Waals surface area contributed by atoms with Gasteiger partial charge in [-0.25, -0.2) is 4.79 Å². The Morgan fingerprint density at radius 2 is 2.11 bits per heavy atom. The standard InChI is InChI=1S/C13H22O5S/c1-5-8(2)13(15)16-6-11(14)18-12-7-19-10(4)9(3)17-12/h8-10,12H,5-7H2,1-4H3. The summed E-state index contributed by atoms with van der Waals surface area (Å²) in [6, 6.07) is 0. The van der Waals surface area contributed by atoms with Crippen molar-refractivity contribution in [3.8, 4) is 0 Å². The van der Waals surface area contributed by atoms with Gasteiger partial charge in [-0.1, -0.05) is 20.8 Å². The highest BCUT2D eigenvalue weighted by atomic mass is 32.2. The molecular weight excluding hydrogens is 268 g/mol. The zero-order chi connectivity index (χ0) is 14.4. The first-order chi connectivity index (χ1) is 8.93. The van der Waals surface area contributed by atoms with Crippen LogP contribution in [0.25, 0.3) is 0 Å². The summed E-state index contributed by atoms with van der Waals surface area (Å²) >= 11 is 1.70. The molecule has 0 N–H and O–H groups in total. The second-order valence-electron chi connectivity index (χ2n) is 4.72. The van der Waals surface area contributed by atoms with Gasteiger partial charge >= 0.3 is 11.9 Å². The van der Waals surface area contributed by atoms with E-state index in [-0.39, 0.29) is 24.6 Å². The first kappa shape index (κ1) is 16.3. The molecule has 0 amide bonds. The van der Waals surface area contributed by atoms with Crippen LogP contribution in [0.15, 0.2) is 0 Å². The van der Waals surface area contributed by atoms with Gasteiger partial charge in [-0.05, 0) is 13.3 Å². The van der Waals surface area contributed by atoms with Crippen LogP contribution in [0.5, 0.6) is 0 Å². The Kier molecular flexibility index (Phi) is 6.65. The van der Waals surface area contributed by atoms with Gasteiger partial charge in [0.1, 0.15) is 0 Å². The Balaban J connectivity index is 2.26. The fourth-order valence-corrected chi connectivity index (χ4v) is 2.38. The summed E-state index contributed by atoms with van der Waals surface area (Å²) in [5.41, 5.74) is 0. The second kappa shape index (κ2) is 7.75. The molecule has 1 fully saturated rings. The summed E-state index contributed by atoms with van der Waals surface area (Å²) in [6.45, 7) is 7.32. The zero-order valence-corrected chi connectivity index (χ0v) is 12.7. The number of esters is 2. The third-order valence-corrected chi connectivity index (χ3v) is 4.51. The molecule has 1 heterocycles. The number of hydrogen-bond acceptors (Lipinski definition) is 6. The van der Waals surface area contributed by atoms with Gasteiger partial charge in [0, 0.05) is 5.25 Å². The fourth-order valence-electron chi connectivity index (χ4n) is 1.44. The summed E-state index contributed by atoms with van der Waals surface area (Å²) in [5, 5.41) is 0.387. The zero-order valence-electron chi connectivity index (χ0n) is 11.9. The first-order valence-corrected chi connectivity index (χ1v) is 7.62. The van der Waals surface area contributed by atoms with Crippen LogP contribution in [0.4, 0.5) is 0 Å². The molecule has 0 bridgehead atoms. The third kappa shape index (κ3) is 5.40. The average Bonchev–Trinajstić information content (AvgIpc) is 2.39. The van der Waals surface area contributed by atoms with Crippen molar-refractivity contribution in [2.24, 2.45) is 5.92 Å². The Morgan fingerprint density at radius 3 is 2.68 bits per heavy atom. The number of carbonyl (C=O) groups excluding carboxylic acids is 2. The molecule has 0 aromatic heterocycles. The predicted molar refractivity (Wildman–Crippen MR) is 72.8 cm³/mol. The summed E-state index contributed by atoms with van der Waals surface area (Å²) in [4.78, 5) is 22.9. The van der Waals surface area contributed by atoms with E-state index in [9.17, 15) is 9.59 Å². The van der Waals surface area contributed by atoms with E-state index in [0.717, 1.165) is 0 Å². The molecule has 4 unspecified atom stereocenters. The van der Waals surface area contributed by atoms with Gasteiger partial charge in [0.05, 0.1) is 17.8 Å². The van der Waals surface area contributed by atoms with Crippen LogP contribution in [0.2, 0.25) is 0 Å². The van der Waals surface area contributed by atoms with E-state index < -0.39 is 12.3 Å². The number of carbonyl (C=O) groups is 2. The van der Waals surface area contributed by atoms with Gasteiger partial charge in [0.2, 0.25) is 6.29 Å². The van der Waals surface area contributed by atoms with Crippen molar-refractivity contribution in [2.75, 3.05) is 12.4 Å². The SMILES string of the molecule is CCC(C)C(=O)OCC(=O)OC1CSC(C)C(C)O1. The summed E-state index contributed by atoms with van der Waals surface area (Å²) in [5.74, 6) is -0.532.